The minimum Gasteiger partial charge on any atom is -0.477 e. The van der Waals surface area contributed by atoms with Crippen molar-refractivity contribution in [3.63, 3.8) is 0 Å². The third-order valence-electron chi connectivity index (χ3n) is 6.42. The van der Waals surface area contributed by atoms with E-state index in [1.54, 1.807) is 11.3 Å². The summed E-state index contributed by atoms with van der Waals surface area (Å²) in [4.78, 5) is 39.8. The second kappa shape index (κ2) is 8.88. The lowest BCUT2D eigenvalue weighted by atomic mass is 10.1. The molecule has 0 aliphatic carbocycles. The van der Waals surface area contributed by atoms with Gasteiger partial charge in [0.1, 0.15) is 16.4 Å². The van der Waals surface area contributed by atoms with Gasteiger partial charge in [0.25, 0.3) is 11.5 Å². The SMILES string of the molecule is O=C([C@H]1CN(Cc2nc3scc(-c4cccs4)c3c(=O)[nH]2)c2ccccc2O1)N1CCCCC1. The number of fused-ring (bicyclic) bond motifs is 2. The number of carbonyl (C=O) groups is 1. The van der Waals surface area contributed by atoms with Crippen molar-refractivity contribution in [2.24, 2.45) is 0 Å². The second-order valence-electron chi connectivity index (χ2n) is 8.66. The molecule has 3 aromatic heterocycles. The van der Waals surface area contributed by atoms with Crippen molar-refractivity contribution in [3.8, 4) is 16.2 Å². The molecule has 0 radical (unpaired) electrons. The fraction of sp³-hybridized carbons (Fsp3) is 0.320. The van der Waals surface area contributed by atoms with Gasteiger partial charge in [0, 0.05) is 28.9 Å². The van der Waals surface area contributed by atoms with E-state index in [1.807, 2.05) is 52.1 Å². The van der Waals surface area contributed by atoms with Crippen molar-refractivity contribution < 1.29 is 9.53 Å². The number of rotatable bonds is 4. The van der Waals surface area contributed by atoms with Crippen LogP contribution in [0.15, 0.2) is 52.0 Å². The van der Waals surface area contributed by atoms with E-state index in [0.717, 1.165) is 46.9 Å². The summed E-state index contributed by atoms with van der Waals surface area (Å²) in [7, 11) is 0. The zero-order valence-electron chi connectivity index (χ0n) is 18.5. The summed E-state index contributed by atoms with van der Waals surface area (Å²) in [5.41, 5.74) is 1.70. The molecule has 4 aromatic rings. The third-order valence-corrected chi connectivity index (χ3v) is 8.20. The second-order valence-corrected chi connectivity index (χ2v) is 10.5. The number of nitrogens with one attached hydrogen (secondary N) is 1. The summed E-state index contributed by atoms with van der Waals surface area (Å²) in [5.74, 6) is 1.30. The molecule has 0 bridgehead atoms. The largest absolute Gasteiger partial charge is 0.477 e. The Labute approximate surface area is 204 Å². The minimum absolute atomic E-state index is 0.0370. The number of carbonyl (C=O) groups excluding carboxylic acids is 1. The lowest BCUT2D eigenvalue weighted by Crippen LogP contribution is -2.51. The van der Waals surface area contributed by atoms with Gasteiger partial charge in [-0.2, -0.15) is 0 Å². The van der Waals surface area contributed by atoms with Crippen LogP contribution in [0.3, 0.4) is 0 Å². The quantitative estimate of drug-likeness (QED) is 0.454. The Hall–Kier alpha value is -3.17. The molecule has 7 nitrogen and oxygen atoms in total. The van der Waals surface area contributed by atoms with Crippen molar-refractivity contribution in [1.82, 2.24) is 14.9 Å². The number of anilines is 1. The first-order valence-corrected chi connectivity index (χ1v) is 13.3. The standard InChI is InChI=1S/C25H24N4O3S2/c30-23-22-16(20-9-6-12-33-20)15-34-24(22)27-21(26-23)14-29-13-19(25(31)28-10-4-1-5-11-28)32-18-8-3-2-7-17(18)29/h2-3,6-9,12,15,19H,1,4-5,10-11,13-14H2,(H,26,27,30)/t19-/m1/s1. The first-order valence-electron chi connectivity index (χ1n) is 11.5. The number of aromatic amines is 1. The van der Waals surface area contributed by atoms with E-state index < -0.39 is 6.10 Å². The van der Waals surface area contributed by atoms with Crippen LogP contribution in [0.1, 0.15) is 25.1 Å². The molecule has 9 heteroatoms. The molecule has 174 valence electrons. The Morgan fingerprint density at radius 1 is 1.12 bits per heavy atom. The van der Waals surface area contributed by atoms with Crippen molar-refractivity contribution >= 4 is 44.5 Å². The number of ether oxygens (including phenoxy) is 1. The van der Waals surface area contributed by atoms with Crippen LogP contribution in [0.25, 0.3) is 20.7 Å². The molecule has 34 heavy (non-hydrogen) atoms. The van der Waals surface area contributed by atoms with Crippen LogP contribution >= 0.6 is 22.7 Å². The first kappa shape index (κ1) is 21.4. The Morgan fingerprint density at radius 2 is 1.97 bits per heavy atom. The van der Waals surface area contributed by atoms with E-state index in [9.17, 15) is 9.59 Å². The van der Waals surface area contributed by atoms with Gasteiger partial charge >= 0.3 is 0 Å². The van der Waals surface area contributed by atoms with Crippen molar-refractivity contribution in [2.45, 2.75) is 31.9 Å². The smallest absolute Gasteiger partial charge is 0.265 e. The predicted octanol–water partition coefficient (Wildman–Crippen LogP) is 4.49. The molecule has 0 unspecified atom stereocenters. The van der Waals surface area contributed by atoms with E-state index in [4.69, 9.17) is 9.72 Å². The molecule has 6 rings (SSSR count). The summed E-state index contributed by atoms with van der Waals surface area (Å²) >= 11 is 3.10. The molecule has 0 spiro atoms. The number of hydrogen-bond acceptors (Lipinski definition) is 7. The lowest BCUT2D eigenvalue weighted by molar-refractivity contribution is -0.139. The number of hydrogen-bond donors (Lipinski definition) is 1. The highest BCUT2D eigenvalue weighted by Crippen LogP contribution is 2.36. The van der Waals surface area contributed by atoms with E-state index in [-0.39, 0.29) is 11.5 Å². The van der Waals surface area contributed by atoms with Gasteiger partial charge in [-0.15, -0.1) is 22.7 Å². The van der Waals surface area contributed by atoms with Gasteiger partial charge < -0.3 is 19.5 Å². The van der Waals surface area contributed by atoms with Crippen LogP contribution < -0.4 is 15.2 Å². The van der Waals surface area contributed by atoms with Crippen LogP contribution in [-0.4, -0.2) is 46.5 Å². The van der Waals surface area contributed by atoms with Crippen molar-refractivity contribution in [1.29, 1.82) is 0 Å². The number of para-hydroxylation sites is 2. The van der Waals surface area contributed by atoms with Crippen LogP contribution in [0, 0.1) is 0 Å². The Balaban J connectivity index is 1.30. The third kappa shape index (κ3) is 3.88. The summed E-state index contributed by atoms with van der Waals surface area (Å²) in [6.45, 7) is 2.38. The topological polar surface area (TPSA) is 78.5 Å². The van der Waals surface area contributed by atoms with Gasteiger partial charge in [-0.05, 0) is 42.8 Å². The van der Waals surface area contributed by atoms with Crippen LogP contribution in [0.5, 0.6) is 5.75 Å². The summed E-state index contributed by atoms with van der Waals surface area (Å²) in [5, 5.41) is 4.64. The molecule has 0 saturated carbocycles. The molecular weight excluding hydrogens is 468 g/mol. The molecule has 2 aliphatic heterocycles. The Bertz CT molecular complexity index is 1390. The fourth-order valence-electron chi connectivity index (χ4n) is 4.77. The van der Waals surface area contributed by atoms with Crippen LogP contribution in [0.4, 0.5) is 5.69 Å². The number of aromatic nitrogens is 2. The van der Waals surface area contributed by atoms with Gasteiger partial charge in [0.05, 0.1) is 24.2 Å². The number of amides is 1. The molecule has 1 fully saturated rings. The van der Waals surface area contributed by atoms with Crippen molar-refractivity contribution in [3.05, 3.63) is 63.3 Å². The first-order chi connectivity index (χ1) is 16.7. The van der Waals surface area contributed by atoms with Crippen LogP contribution in [-0.2, 0) is 11.3 Å². The van der Waals surface area contributed by atoms with E-state index >= 15 is 0 Å². The van der Waals surface area contributed by atoms with E-state index in [1.165, 1.54) is 17.8 Å². The maximum Gasteiger partial charge on any atom is 0.265 e. The number of benzene rings is 1. The molecule has 1 aromatic carbocycles. The summed E-state index contributed by atoms with van der Waals surface area (Å²) in [6, 6.07) is 11.7. The highest BCUT2D eigenvalue weighted by atomic mass is 32.1. The molecule has 1 amide bonds. The number of nitrogens with zero attached hydrogens (tertiary/aromatic N) is 3. The summed E-state index contributed by atoms with van der Waals surface area (Å²) < 4.78 is 6.13. The number of piperidine rings is 1. The normalized spacial score (nSPS) is 18.1. The summed E-state index contributed by atoms with van der Waals surface area (Å²) in [6.07, 6.45) is 2.68. The van der Waals surface area contributed by atoms with Gasteiger partial charge in [0.15, 0.2) is 6.10 Å². The number of H-pyrrole nitrogens is 1. The van der Waals surface area contributed by atoms with E-state index in [2.05, 4.69) is 9.88 Å². The average Bonchev–Trinajstić information content (AvgIpc) is 3.54. The maximum absolute atomic E-state index is 13.2. The fourth-order valence-corrected chi connectivity index (χ4v) is 6.55. The number of thiophene rings is 2. The Morgan fingerprint density at radius 3 is 2.79 bits per heavy atom. The molecular formula is C25H24N4O3S2. The van der Waals surface area contributed by atoms with Gasteiger partial charge in [-0.1, -0.05) is 18.2 Å². The average molecular weight is 493 g/mol. The molecule has 5 heterocycles. The number of likely N-dealkylation sites (tertiary alicyclic amines) is 1. The minimum atomic E-state index is -0.573. The zero-order valence-corrected chi connectivity index (χ0v) is 20.2. The lowest BCUT2D eigenvalue weighted by Gasteiger charge is -2.38. The highest BCUT2D eigenvalue weighted by Gasteiger charge is 2.34. The molecule has 1 saturated heterocycles. The molecule has 1 atom stereocenters. The Kier molecular flexibility index (Phi) is 5.58. The van der Waals surface area contributed by atoms with Gasteiger partial charge in [0.2, 0.25) is 0 Å². The molecule has 2 aliphatic rings. The molecule has 1 N–H and O–H groups in total. The maximum atomic E-state index is 13.2. The van der Waals surface area contributed by atoms with Gasteiger partial charge in [-0.3, -0.25) is 9.59 Å². The van der Waals surface area contributed by atoms with E-state index in [0.29, 0.717) is 30.0 Å². The van der Waals surface area contributed by atoms with Crippen LogP contribution in [0.2, 0.25) is 0 Å². The van der Waals surface area contributed by atoms with Crippen molar-refractivity contribution in [2.75, 3.05) is 24.5 Å². The monoisotopic (exact) mass is 492 g/mol. The predicted molar refractivity (Wildman–Crippen MR) is 136 cm³/mol. The van der Waals surface area contributed by atoms with Gasteiger partial charge in [-0.25, -0.2) is 4.98 Å². The zero-order chi connectivity index (χ0) is 23.1. The highest BCUT2D eigenvalue weighted by molar-refractivity contribution is 7.18.